The Kier molecular flexibility index (Phi) is 2.25. The summed E-state index contributed by atoms with van der Waals surface area (Å²) in [6, 6.07) is 6.49. The Balaban J connectivity index is 2.73. The van der Waals surface area contributed by atoms with Gasteiger partial charge in [-0.05, 0) is 31.2 Å². The highest BCUT2D eigenvalue weighted by molar-refractivity contribution is 5.81. The van der Waals surface area contributed by atoms with Crippen molar-refractivity contribution >= 4 is 10.9 Å². The van der Waals surface area contributed by atoms with Gasteiger partial charge in [0.2, 0.25) is 0 Å². The van der Waals surface area contributed by atoms with Crippen molar-refractivity contribution in [3.63, 3.8) is 0 Å². The zero-order chi connectivity index (χ0) is 10.1. The summed E-state index contributed by atoms with van der Waals surface area (Å²) in [6.45, 7) is 2.77. The van der Waals surface area contributed by atoms with E-state index in [1.807, 2.05) is 17.6 Å². The fourth-order valence-corrected chi connectivity index (χ4v) is 1.80. The Labute approximate surface area is 81.6 Å². The van der Waals surface area contributed by atoms with E-state index >= 15 is 0 Å². The van der Waals surface area contributed by atoms with Crippen LogP contribution in [0.1, 0.15) is 12.6 Å². The molecule has 1 heterocycles. The Morgan fingerprint density at radius 1 is 1.36 bits per heavy atom. The predicted molar refractivity (Wildman–Crippen MR) is 53.5 cm³/mol. The molecule has 0 radical (unpaired) electrons. The molecule has 1 aromatic heterocycles. The van der Waals surface area contributed by atoms with E-state index in [1.165, 1.54) is 12.1 Å². The molecule has 0 bridgehead atoms. The van der Waals surface area contributed by atoms with Gasteiger partial charge in [-0.25, -0.2) is 4.39 Å². The summed E-state index contributed by atoms with van der Waals surface area (Å²) in [5.41, 5.74) is 1.80. The van der Waals surface area contributed by atoms with Gasteiger partial charge in [-0.3, -0.25) is 0 Å². The van der Waals surface area contributed by atoms with Gasteiger partial charge in [-0.1, -0.05) is 0 Å². The molecule has 0 spiro atoms. The second-order valence-corrected chi connectivity index (χ2v) is 3.24. The van der Waals surface area contributed by atoms with Gasteiger partial charge >= 0.3 is 0 Å². The number of aryl methyl sites for hydroxylation is 1. The van der Waals surface area contributed by atoms with Crippen LogP contribution in [0.5, 0.6) is 0 Å². The molecule has 0 atom stereocenters. The lowest BCUT2D eigenvalue weighted by atomic mass is 10.2. The number of nitrogens with zero attached hydrogens (tertiary/aromatic N) is 1. The minimum Gasteiger partial charge on any atom is -0.390 e. The lowest BCUT2D eigenvalue weighted by Crippen LogP contribution is -1.99. The largest absolute Gasteiger partial charge is 0.390 e. The molecular formula is C11H12FNO. The number of benzene rings is 1. The van der Waals surface area contributed by atoms with Gasteiger partial charge in [-0.2, -0.15) is 0 Å². The highest BCUT2D eigenvalue weighted by Gasteiger charge is 2.06. The van der Waals surface area contributed by atoms with Crippen LogP contribution in [0.25, 0.3) is 10.9 Å². The average molecular weight is 193 g/mol. The van der Waals surface area contributed by atoms with Crippen molar-refractivity contribution in [2.45, 2.75) is 20.1 Å². The lowest BCUT2D eigenvalue weighted by molar-refractivity contribution is 0.272. The first kappa shape index (κ1) is 9.21. The maximum Gasteiger partial charge on any atom is 0.123 e. The number of hydrogen-bond donors (Lipinski definition) is 1. The SMILES string of the molecule is CCn1c(CO)cc2cc(F)ccc21. The van der Waals surface area contributed by atoms with Crippen LogP contribution in [-0.4, -0.2) is 9.67 Å². The molecule has 3 heteroatoms. The first-order valence-corrected chi connectivity index (χ1v) is 4.64. The maximum absolute atomic E-state index is 12.9. The molecule has 2 nitrogen and oxygen atoms in total. The zero-order valence-corrected chi connectivity index (χ0v) is 8.00. The summed E-state index contributed by atoms with van der Waals surface area (Å²) in [5, 5.41) is 9.95. The van der Waals surface area contributed by atoms with Crippen LogP contribution in [-0.2, 0) is 13.2 Å². The monoisotopic (exact) mass is 193 g/mol. The number of aliphatic hydroxyl groups is 1. The van der Waals surface area contributed by atoms with E-state index in [9.17, 15) is 4.39 Å². The molecule has 0 amide bonds. The van der Waals surface area contributed by atoms with Gasteiger partial charge in [0.15, 0.2) is 0 Å². The van der Waals surface area contributed by atoms with Gasteiger partial charge in [0, 0.05) is 23.1 Å². The fraction of sp³-hybridized carbons (Fsp3) is 0.273. The molecule has 1 N–H and O–H groups in total. The van der Waals surface area contributed by atoms with E-state index in [0.717, 1.165) is 23.1 Å². The number of rotatable bonds is 2. The first-order valence-electron chi connectivity index (χ1n) is 4.64. The lowest BCUT2D eigenvalue weighted by Gasteiger charge is -2.04. The molecule has 0 fully saturated rings. The standard InChI is InChI=1S/C11H12FNO/c1-2-13-10(7-14)6-8-5-9(12)3-4-11(8)13/h3-6,14H,2,7H2,1H3. The molecule has 2 rings (SSSR count). The van der Waals surface area contributed by atoms with Crippen molar-refractivity contribution < 1.29 is 9.50 Å². The molecule has 1 aromatic carbocycles. The third-order valence-electron chi connectivity index (χ3n) is 2.43. The summed E-state index contributed by atoms with van der Waals surface area (Å²) >= 11 is 0. The highest BCUT2D eigenvalue weighted by atomic mass is 19.1. The van der Waals surface area contributed by atoms with Crippen LogP contribution >= 0.6 is 0 Å². The second kappa shape index (κ2) is 3.42. The van der Waals surface area contributed by atoms with E-state index in [0.29, 0.717) is 0 Å². The van der Waals surface area contributed by atoms with Crippen molar-refractivity contribution in [3.05, 3.63) is 35.8 Å². The van der Waals surface area contributed by atoms with E-state index < -0.39 is 0 Å². The summed E-state index contributed by atoms with van der Waals surface area (Å²) in [5.74, 6) is -0.241. The molecule has 14 heavy (non-hydrogen) atoms. The molecule has 74 valence electrons. The van der Waals surface area contributed by atoms with Crippen molar-refractivity contribution in [2.75, 3.05) is 0 Å². The van der Waals surface area contributed by atoms with Gasteiger partial charge < -0.3 is 9.67 Å². The Bertz CT molecular complexity index is 462. The van der Waals surface area contributed by atoms with Crippen molar-refractivity contribution in [1.82, 2.24) is 4.57 Å². The molecule has 0 unspecified atom stereocenters. The topological polar surface area (TPSA) is 25.2 Å². The van der Waals surface area contributed by atoms with Crippen molar-refractivity contribution in [2.24, 2.45) is 0 Å². The quantitative estimate of drug-likeness (QED) is 0.777. The molecule has 0 aliphatic heterocycles. The fourth-order valence-electron chi connectivity index (χ4n) is 1.80. The van der Waals surface area contributed by atoms with Crippen LogP contribution in [0, 0.1) is 5.82 Å². The summed E-state index contributed by atoms with van der Waals surface area (Å²) in [7, 11) is 0. The predicted octanol–water partition coefficient (Wildman–Crippen LogP) is 2.29. The molecule has 0 aliphatic carbocycles. The summed E-state index contributed by atoms with van der Waals surface area (Å²) in [4.78, 5) is 0. The average Bonchev–Trinajstić information content (AvgIpc) is 2.54. The Morgan fingerprint density at radius 3 is 2.79 bits per heavy atom. The highest BCUT2D eigenvalue weighted by Crippen LogP contribution is 2.20. The molecule has 2 aromatic rings. The third-order valence-corrected chi connectivity index (χ3v) is 2.43. The molecule has 0 saturated heterocycles. The maximum atomic E-state index is 12.9. The van der Waals surface area contributed by atoms with E-state index in [-0.39, 0.29) is 12.4 Å². The summed E-state index contributed by atoms with van der Waals surface area (Å²) in [6.07, 6.45) is 0. The molecular weight excluding hydrogens is 181 g/mol. The van der Waals surface area contributed by atoms with E-state index in [1.54, 1.807) is 6.07 Å². The number of aromatic nitrogens is 1. The van der Waals surface area contributed by atoms with Crippen LogP contribution < -0.4 is 0 Å². The van der Waals surface area contributed by atoms with E-state index in [4.69, 9.17) is 5.11 Å². The Hall–Kier alpha value is -1.35. The Morgan fingerprint density at radius 2 is 2.14 bits per heavy atom. The number of hydrogen-bond acceptors (Lipinski definition) is 1. The van der Waals surface area contributed by atoms with Gasteiger partial charge in [0.25, 0.3) is 0 Å². The van der Waals surface area contributed by atoms with Gasteiger partial charge in [-0.15, -0.1) is 0 Å². The van der Waals surface area contributed by atoms with Crippen molar-refractivity contribution in [3.8, 4) is 0 Å². The second-order valence-electron chi connectivity index (χ2n) is 3.24. The molecule has 0 aliphatic rings. The van der Waals surface area contributed by atoms with Crippen LogP contribution in [0.2, 0.25) is 0 Å². The molecule has 0 saturated carbocycles. The third kappa shape index (κ3) is 1.30. The van der Waals surface area contributed by atoms with Crippen molar-refractivity contribution in [1.29, 1.82) is 0 Å². The zero-order valence-electron chi connectivity index (χ0n) is 8.00. The van der Waals surface area contributed by atoms with Crippen LogP contribution in [0.15, 0.2) is 24.3 Å². The minimum atomic E-state index is -0.241. The smallest absolute Gasteiger partial charge is 0.123 e. The van der Waals surface area contributed by atoms with Gasteiger partial charge in [0.05, 0.1) is 6.61 Å². The first-order chi connectivity index (χ1) is 6.76. The van der Waals surface area contributed by atoms with E-state index in [2.05, 4.69) is 0 Å². The normalized spacial score (nSPS) is 11.1. The number of aliphatic hydroxyl groups excluding tert-OH is 1. The van der Waals surface area contributed by atoms with Crippen LogP contribution in [0.3, 0.4) is 0 Å². The number of halogens is 1. The number of fused-ring (bicyclic) bond motifs is 1. The summed E-state index contributed by atoms with van der Waals surface area (Å²) < 4.78 is 14.9. The minimum absolute atomic E-state index is 0.00978. The van der Waals surface area contributed by atoms with Crippen LogP contribution in [0.4, 0.5) is 4.39 Å². The van der Waals surface area contributed by atoms with Gasteiger partial charge in [0.1, 0.15) is 5.82 Å².